The molecule has 1 rings (SSSR count). The van der Waals surface area contributed by atoms with Gasteiger partial charge >= 0.3 is 6.18 Å². The highest BCUT2D eigenvalue weighted by Gasteiger charge is 2.34. The Hall–Kier alpha value is -0.290. The molecule has 1 aliphatic rings. The van der Waals surface area contributed by atoms with Crippen LogP contribution in [0.15, 0.2) is 0 Å². The SMILES string of the molecule is CCNC1CCC(CC)CC1CN(CC)CC(F)(F)F. The number of hydrogen-bond donors (Lipinski definition) is 1. The Morgan fingerprint density at radius 3 is 2.35 bits per heavy atom. The highest BCUT2D eigenvalue weighted by molar-refractivity contribution is 4.86. The second-order valence-electron chi connectivity index (χ2n) is 5.95. The van der Waals surface area contributed by atoms with Gasteiger partial charge in [0.25, 0.3) is 0 Å². The second-order valence-corrected chi connectivity index (χ2v) is 5.95. The summed E-state index contributed by atoms with van der Waals surface area (Å²) in [6.07, 6.45) is 0.405. The molecule has 1 fully saturated rings. The minimum Gasteiger partial charge on any atom is -0.314 e. The molecule has 20 heavy (non-hydrogen) atoms. The molecule has 2 nitrogen and oxygen atoms in total. The molecule has 3 unspecified atom stereocenters. The number of rotatable bonds is 7. The first kappa shape index (κ1) is 17.8. The van der Waals surface area contributed by atoms with Gasteiger partial charge in [-0.2, -0.15) is 13.2 Å². The quantitative estimate of drug-likeness (QED) is 0.770. The third kappa shape index (κ3) is 6.00. The van der Waals surface area contributed by atoms with E-state index in [2.05, 4.69) is 19.2 Å². The van der Waals surface area contributed by atoms with Gasteiger partial charge in [-0.3, -0.25) is 4.90 Å². The predicted octanol–water partition coefficient (Wildman–Crippen LogP) is 3.68. The molecule has 0 aromatic heterocycles. The van der Waals surface area contributed by atoms with Crippen molar-refractivity contribution in [3.8, 4) is 0 Å². The summed E-state index contributed by atoms with van der Waals surface area (Å²) in [5.41, 5.74) is 0. The van der Waals surface area contributed by atoms with E-state index in [4.69, 9.17) is 0 Å². The molecule has 0 bridgehead atoms. The van der Waals surface area contributed by atoms with Crippen LogP contribution in [-0.2, 0) is 0 Å². The fraction of sp³-hybridized carbons (Fsp3) is 1.00. The van der Waals surface area contributed by atoms with Gasteiger partial charge in [-0.25, -0.2) is 0 Å². The monoisotopic (exact) mass is 294 g/mol. The Balaban J connectivity index is 2.61. The number of alkyl halides is 3. The third-order valence-electron chi connectivity index (χ3n) is 4.48. The van der Waals surface area contributed by atoms with Crippen LogP contribution in [0.3, 0.4) is 0 Å². The van der Waals surface area contributed by atoms with Crippen molar-refractivity contribution in [3.05, 3.63) is 0 Å². The molecule has 0 aromatic carbocycles. The number of nitrogens with one attached hydrogen (secondary N) is 1. The minimum atomic E-state index is -4.09. The topological polar surface area (TPSA) is 15.3 Å². The Morgan fingerprint density at radius 1 is 1.15 bits per heavy atom. The van der Waals surface area contributed by atoms with E-state index in [1.807, 2.05) is 6.92 Å². The number of halogens is 3. The summed E-state index contributed by atoms with van der Waals surface area (Å²) in [7, 11) is 0. The zero-order valence-corrected chi connectivity index (χ0v) is 13.0. The maximum absolute atomic E-state index is 12.6. The van der Waals surface area contributed by atoms with Crippen LogP contribution in [0.2, 0.25) is 0 Å². The van der Waals surface area contributed by atoms with Crippen molar-refractivity contribution in [2.45, 2.75) is 58.7 Å². The van der Waals surface area contributed by atoms with Gasteiger partial charge in [0, 0.05) is 12.6 Å². The van der Waals surface area contributed by atoms with Crippen LogP contribution in [0.25, 0.3) is 0 Å². The first-order valence-corrected chi connectivity index (χ1v) is 7.92. The Labute approximate surface area is 121 Å². The molecule has 3 atom stereocenters. The van der Waals surface area contributed by atoms with E-state index in [9.17, 15) is 13.2 Å². The van der Waals surface area contributed by atoms with Crippen LogP contribution in [0.4, 0.5) is 13.2 Å². The Morgan fingerprint density at radius 2 is 1.85 bits per heavy atom. The van der Waals surface area contributed by atoms with E-state index in [0.29, 0.717) is 31.0 Å². The summed E-state index contributed by atoms with van der Waals surface area (Å²) in [5, 5.41) is 3.46. The summed E-state index contributed by atoms with van der Waals surface area (Å²) in [5.74, 6) is 1.02. The highest BCUT2D eigenvalue weighted by atomic mass is 19.4. The fourth-order valence-corrected chi connectivity index (χ4v) is 3.36. The van der Waals surface area contributed by atoms with Gasteiger partial charge in [-0.15, -0.1) is 0 Å². The van der Waals surface area contributed by atoms with Crippen LogP contribution >= 0.6 is 0 Å². The zero-order valence-electron chi connectivity index (χ0n) is 13.0. The predicted molar refractivity (Wildman–Crippen MR) is 76.8 cm³/mol. The van der Waals surface area contributed by atoms with E-state index >= 15 is 0 Å². The fourth-order valence-electron chi connectivity index (χ4n) is 3.36. The van der Waals surface area contributed by atoms with Gasteiger partial charge in [-0.05, 0) is 44.2 Å². The van der Waals surface area contributed by atoms with Crippen molar-refractivity contribution in [2.75, 3.05) is 26.2 Å². The van der Waals surface area contributed by atoms with Crippen molar-refractivity contribution in [1.29, 1.82) is 0 Å². The maximum atomic E-state index is 12.6. The van der Waals surface area contributed by atoms with Crippen molar-refractivity contribution in [2.24, 2.45) is 11.8 Å². The van der Waals surface area contributed by atoms with E-state index in [-0.39, 0.29) is 0 Å². The summed E-state index contributed by atoms with van der Waals surface area (Å²) >= 11 is 0. The number of nitrogens with zero attached hydrogens (tertiary/aromatic N) is 1. The summed E-state index contributed by atoms with van der Waals surface area (Å²) < 4.78 is 37.7. The summed E-state index contributed by atoms with van der Waals surface area (Å²) in [4.78, 5) is 1.55. The molecular formula is C15H29F3N2. The molecule has 0 saturated heterocycles. The third-order valence-corrected chi connectivity index (χ3v) is 4.48. The van der Waals surface area contributed by atoms with Gasteiger partial charge in [0.2, 0.25) is 0 Å². The van der Waals surface area contributed by atoms with Gasteiger partial charge in [0.1, 0.15) is 0 Å². The van der Waals surface area contributed by atoms with Crippen LogP contribution in [-0.4, -0.2) is 43.3 Å². The van der Waals surface area contributed by atoms with Crippen LogP contribution < -0.4 is 5.32 Å². The van der Waals surface area contributed by atoms with Crippen molar-refractivity contribution < 1.29 is 13.2 Å². The van der Waals surface area contributed by atoms with Gasteiger partial charge in [0.05, 0.1) is 6.54 Å². The molecule has 1 saturated carbocycles. The van der Waals surface area contributed by atoms with Crippen molar-refractivity contribution in [3.63, 3.8) is 0 Å². The van der Waals surface area contributed by atoms with E-state index in [0.717, 1.165) is 25.8 Å². The highest BCUT2D eigenvalue weighted by Crippen LogP contribution is 2.32. The summed E-state index contributed by atoms with van der Waals surface area (Å²) in [6, 6.07) is 0.380. The van der Waals surface area contributed by atoms with E-state index in [1.165, 1.54) is 6.42 Å². The molecule has 0 radical (unpaired) electrons. The molecular weight excluding hydrogens is 265 g/mol. The molecule has 0 aromatic rings. The average Bonchev–Trinajstić information content (AvgIpc) is 2.38. The van der Waals surface area contributed by atoms with Crippen LogP contribution in [0.5, 0.6) is 0 Å². The van der Waals surface area contributed by atoms with Gasteiger partial charge in [-0.1, -0.05) is 27.2 Å². The molecule has 0 heterocycles. The van der Waals surface area contributed by atoms with Gasteiger partial charge < -0.3 is 5.32 Å². The molecule has 120 valence electrons. The second kappa shape index (κ2) is 8.23. The average molecular weight is 294 g/mol. The Kier molecular flexibility index (Phi) is 7.30. The maximum Gasteiger partial charge on any atom is 0.401 e. The van der Waals surface area contributed by atoms with E-state index < -0.39 is 12.7 Å². The standard InChI is InChI=1S/C15H29F3N2/c1-4-12-7-8-14(19-5-2)13(9-12)10-20(6-3)11-15(16,17)18/h12-14,19H,4-11H2,1-3H3. The number of hydrogen-bond acceptors (Lipinski definition) is 2. The molecule has 0 spiro atoms. The first-order valence-electron chi connectivity index (χ1n) is 7.92. The lowest BCUT2D eigenvalue weighted by atomic mass is 9.76. The molecule has 0 aliphatic heterocycles. The lowest BCUT2D eigenvalue weighted by Crippen LogP contribution is -2.47. The summed E-state index contributed by atoms with van der Waals surface area (Å²) in [6.45, 7) is 7.20. The molecule has 5 heteroatoms. The van der Waals surface area contributed by atoms with Crippen LogP contribution in [0, 0.1) is 11.8 Å². The molecule has 0 amide bonds. The van der Waals surface area contributed by atoms with Crippen LogP contribution in [0.1, 0.15) is 46.5 Å². The lowest BCUT2D eigenvalue weighted by molar-refractivity contribution is -0.147. The first-order chi connectivity index (χ1) is 9.39. The molecule has 1 N–H and O–H groups in total. The largest absolute Gasteiger partial charge is 0.401 e. The smallest absolute Gasteiger partial charge is 0.314 e. The lowest BCUT2D eigenvalue weighted by Gasteiger charge is -2.39. The Bertz CT molecular complexity index is 268. The molecule has 1 aliphatic carbocycles. The van der Waals surface area contributed by atoms with Crippen molar-refractivity contribution >= 4 is 0 Å². The zero-order chi connectivity index (χ0) is 15.2. The normalized spacial score (nSPS) is 28.1. The van der Waals surface area contributed by atoms with Gasteiger partial charge in [0.15, 0.2) is 0 Å². The van der Waals surface area contributed by atoms with E-state index in [1.54, 1.807) is 4.90 Å². The van der Waals surface area contributed by atoms with Crippen molar-refractivity contribution in [1.82, 2.24) is 10.2 Å². The minimum absolute atomic E-state index is 0.343.